The maximum absolute atomic E-state index is 12.6. The number of nitrogens with one attached hydrogen (secondary N) is 2. The van der Waals surface area contributed by atoms with Crippen molar-refractivity contribution in [2.75, 3.05) is 6.54 Å². The minimum absolute atomic E-state index is 0.0736. The number of rotatable bonds is 3. The number of urea groups is 1. The molecule has 1 heterocycles. The van der Waals surface area contributed by atoms with Crippen molar-refractivity contribution in [3.8, 4) is 0 Å². The first-order valence-electron chi connectivity index (χ1n) is 5.47. The van der Waals surface area contributed by atoms with Crippen LogP contribution >= 0.6 is 0 Å². The van der Waals surface area contributed by atoms with Crippen LogP contribution in [0.15, 0.2) is 17.3 Å². The first-order valence-corrected chi connectivity index (χ1v) is 5.47. The monoisotopic (exact) mass is 242 g/mol. The number of hydrazine groups is 1. The van der Waals surface area contributed by atoms with Crippen molar-refractivity contribution in [2.24, 2.45) is 4.99 Å². The molecule has 0 saturated carbocycles. The van der Waals surface area contributed by atoms with Crippen LogP contribution in [0.5, 0.6) is 0 Å². The highest BCUT2D eigenvalue weighted by atomic mass is 19.1. The second kappa shape index (κ2) is 4.73. The van der Waals surface area contributed by atoms with Gasteiger partial charge in [-0.05, 0) is 27.7 Å². The quantitative estimate of drug-likeness (QED) is 0.583. The zero-order valence-corrected chi connectivity index (χ0v) is 10.7. The number of carbonyl (C=O) groups is 1. The number of alkyl halides is 1. The summed E-state index contributed by atoms with van der Waals surface area (Å²) in [6.07, 6.45) is -1.00. The average molecular weight is 242 g/mol. The minimum Gasteiger partial charge on any atom is -0.326 e. The maximum Gasteiger partial charge on any atom is 0.341 e. The van der Waals surface area contributed by atoms with E-state index in [1.165, 1.54) is 11.9 Å². The summed E-state index contributed by atoms with van der Waals surface area (Å²) in [5.74, 6) is 0.475. The van der Waals surface area contributed by atoms with Crippen molar-refractivity contribution in [3.63, 3.8) is 0 Å². The molecule has 1 fully saturated rings. The normalized spacial score (nSPS) is 21.5. The second-order valence-corrected chi connectivity index (χ2v) is 4.66. The van der Waals surface area contributed by atoms with Gasteiger partial charge in [-0.3, -0.25) is 10.4 Å². The van der Waals surface area contributed by atoms with E-state index < -0.39 is 11.7 Å². The minimum atomic E-state index is -1.00. The third-order valence-electron chi connectivity index (χ3n) is 2.47. The van der Waals surface area contributed by atoms with Crippen LogP contribution in [-0.4, -0.2) is 35.1 Å². The van der Waals surface area contributed by atoms with Crippen LogP contribution in [0.1, 0.15) is 27.7 Å². The molecule has 1 aliphatic heterocycles. The molecule has 0 aromatic rings. The van der Waals surface area contributed by atoms with Gasteiger partial charge in [-0.2, -0.15) is 0 Å². The smallest absolute Gasteiger partial charge is 0.326 e. The topological polar surface area (TPSA) is 56.7 Å². The molecule has 96 valence electrons. The number of hydrogen-bond acceptors (Lipinski definition) is 2. The van der Waals surface area contributed by atoms with Gasteiger partial charge in [-0.1, -0.05) is 6.58 Å². The molecule has 0 bridgehead atoms. The van der Waals surface area contributed by atoms with Crippen molar-refractivity contribution < 1.29 is 9.18 Å². The Balaban J connectivity index is 2.67. The van der Waals surface area contributed by atoms with Gasteiger partial charge < -0.3 is 5.32 Å². The summed E-state index contributed by atoms with van der Waals surface area (Å²) in [7, 11) is 0. The van der Waals surface area contributed by atoms with Crippen LogP contribution in [0.2, 0.25) is 0 Å². The number of amides is 2. The molecule has 5 nitrogen and oxygen atoms in total. The number of carbonyl (C=O) groups excluding carboxylic acids is 1. The molecule has 2 N–H and O–H groups in total. The van der Waals surface area contributed by atoms with Crippen molar-refractivity contribution in [1.29, 1.82) is 0 Å². The van der Waals surface area contributed by atoms with E-state index in [1.807, 2.05) is 13.8 Å². The lowest BCUT2D eigenvalue weighted by Crippen LogP contribution is -2.42. The number of nitrogens with zero attached hydrogens (tertiary/aromatic N) is 2. The molecular formula is C11H19FN4O. The summed E-state index contributed by atoms with van der Waals surface area (Å²) in [5.41, 5.74) is 2.91. The molecule has 0 aromatic heterocycles. The van der Waals surface area contributed by atoms with Gasteiger partial charge in [0.25, 0.3) is 0 Å². The summed E-state index contributed by atoms with van der Waals surface area (Å²) >= 11 is 0. The summed E-state index contributed by atoms with van der Waals surface area (Å²) < 4.78 is 12.6. The van der Waals surface area contributed by atoms with Crippen LogP contribution in [0.3, 0.4) is 0 Å². The van der Waals surface area contributed by atoms with E-state index in [9.17, 15) is 9.18 Å². The standard InChI is InChI=1S/C11H19FN4O/c1-7(12)6-13-9(3)15-16-8(2)11(4,5)14-10(16)17/h7H,2,6H2,1,3-5H3,(H,13,15)(H,14,17). The van der Waals surface area contributed by atoms with Gasteiger partial charge in [0.05, 0.1) is 17.8 Å². The van der Waals surface area contributed by atoms with Gasteiger partial charge in [0.1, 0.15) is 12.0 Å². The molecule has 0 aromatic carbocycles. The molecule has 6 heteroatoms. The van der Waals surface area contributed by atoms with E-state index in [-0.39, 0.29) is 12.6 Å². The second-order valence-electron chi connectivity index (χ2n) is 4.66. The Hall–Kier alpha value is -1.59. The number of amidine groups is 1. The van der Waals surface area contributed by atoms with E-state index in [0.29, 0.717) is 11.5 Å². The molecule has 17 heavy (non-hydrogen) atoms. The fourth-order valence-electron chi connectivity index (χ4n) is 1.38. The maximum atomic E-state index is 12.6. The lowest BCUT2D eigenvalue weighted by atomic mass is 10.0. The molecule has 1 aliphatic rings. The molecule has 0 aliphatic carbocycles. The highest BCUT2D eigenvalue weighted by molar-refractivity contribution is 5.87. The Morgan fingerprint density at radius 2 is 2.29 bits per heavy atom. The Labute approximate surface area is 101 Å². The molecule has 0 spiro atoms. The van der Waals surface area contributed by atoms with E-state index in [4.69, 9.17) is 0 Å². The first-order chi connectivity index (χ1) is 7.74. The fourth-order valence-corrected chi connectivity index (χ4v) is 1.38. The number of hydrogen-bond donors (Lipinski definition) is 2. The Bertz CT molecular complexity index is 362. The summed E-state index contributed by atoms with van der Waals surface area (Å²) in [6.45, 7) is 10.7. The largest absolute Gasteiger partial charge is 0.341 e. The van der Waals surface area contributed by atoms with E-state index in [1.54, 1.807) is 6.92 Å². The molecular weight excluding hydrogens is 223 g/mol. The molecule has 1 atom stereocenters. The van der Waals surface area contributed by atoms with Gasteiger partial charge in [-0.15, -0.1) is 0 Å². The lowest BCUT2D eigenvalue weighted by molar-refractivity contribution is 0.216. The molecule has 1 rings (SSSR count). The van der Waals surface area contributed by atoms with Gasteiger partial charge in [-0.25, -0.2) is 14.2 Å². The van der Waals surface area contributed by atoms with Crippen LogP contribution in [0.4, 0.5) is 9.18 Å². The first kappa shape index (κ1) is 13.5. The Kier molecular flexibility index (Phi) is 3.75. The SMILES string of the molecule is C=C1N(NC(C)=NCC(C)F)C(=O)NC1(C)C. The van der Waals surface area contributed by atoms with Crippen molar-refractivity contribution in [2.45, 2.75) is 39.4 Å². The van der Waals surface area contributed by atoms with Crippen molar-refractivity contribution in [1.82, 2.24) is 15.8 Å². The third kappa shape index (κ3) is 3.18. The van der Waals surface area contributed by atoms with Gasteiger partial charge in [0.15, 0.2) is 0 Å². The summed E-state index contributed by atoms with van der Waals surface area (Å²) in [4.78, 5) is 15.6. The van der Waals surface area contributed by atoms with Crippen molar-refractivity contribution in [3.05, 3.63) is 12.3 Å². The van der Waals surface area contributed by atoms with Crippen LogP contribution < -0.4 is 10.7 Å². The molecule has 1 unspecified atom stereocenters. The predicted molar refractivity (Wildman–Crippen MR) is 65.3 cm³/mol. The van der Waals surface area contributed by atoms with Gasteiger partial charge in [0.2, 0.25) is 0 Å². The van der Waals surface area contributed by atoms with Gasteiger partial charge >= 0.3 is 6.03 Å². The van der Waals surface area contributed by atoms with Crippen LogP contribution in [-0.2, 0) is 0 Å². The summed E-state index contributed by atoms with van der Waals surface area (Å²) in [6, 6.07) is -0.289. The lowest BCUT2D eigenvalue weighted by Gasteiger charge is -2.22. The zero-order chi connectivity index (χ0) is 13.2. The Morgan fingerprint density at radius 3 is 2.71 bits per heavy atom. The molecule has 1 saturated heterocycles. The van der Waals surface area contributed by atoms with Crippen LogP contribution in [0, 0.1) is 0 Å². The molecule has 2 amide bonds. The van der Waals surface area contributed by atoms with E-state index in [2.05, 4.69) is 22.3 Å². The highest BCUT2D eigenvalue weighted by Crippen LogP contribution is 2.23. The van der Waals surface area contributed by atoms with E-state index >= 15 is 0 Å². The summed E-state index contributed by atoms with van der Waals surface area (Å²) in [5, 5.41) is 4.05. The number of halogens is 1. The molecule has 0 radical (unpaired) electrons. The third-order valence-corrected chi connectivity index (χ3v) is 2.47. The predicted octanol–water partition coefficient (Wildman–Crippen LogP) is 1.58. The van der Waals surface area contributed by atoms with Crippen LogP contribution in [0.25, 0.3) is 0 Å². The fraction of sp³-hybridized carbons (Fsp3) is 0.636. The van der Waals surface area contributed by atoms with E-state index in [0.717, 1.165) is 0 Å². The average Bonchev–Trinajstić information content (AvgIpc) is 2.38. The van der Waals surface area contributed by atoms with Crippen molar-refractivity contribution >= 4 is 11.9 Å². The number of aliphatic imine (C=N–C) groups is 1. The van der Waals surface area contributed by atoms with Gasteiger partial charge in [0, 0.05) is 0 Å². The Morgan fingerprint density at radius 1 is 1.71 bits per heavy atom. The highest BCUT2D eigenvalue weighted by Gasteiger charge is 2.39. The zero-order valence-electron chi connectivity index (χ0n) is 10.7.